The van der Waals surface area contributed by atoms with Gasteiger partial charge in [0.25, 0.3) is 0 Å². The Morgan fingerprint density at radius 2 is 2.18 bits per heavy atom. The van der Waals surface area contributed by atoms with Gasteiger partial charge in [0.2, 0.25) is 17.6 Å². The first-order valence-corrected chi connectivity index (χ1v) is 11.7. The number of aromatic nitrogens is 2. The maximum Gasteiger partial charge on any atom is 0.222 e. The van der Waals surface area contributed by atoms with E-state index >= 15 is 0 Å². The highest BCUT2D eigenvalue weighted by Crippen LogP contribution is 2.32. The van der Waals surface area contributed by atoms with Crippen molar-refractivity contribution in [1.29, 1.82) is 0 Å². The minimum Gasteiger partial charge on any atom is -0.497 e. The standard InChI is InChI=1S/C25H31FN4O4/c1-29-13-11-27-24(29)23(33)18-4-3-12-30(16-18)22(32)8-10-25(9-7-21(31)28-25)15-17-5-6-19(34-2)14-20(17)26/h5-6,11,13-14,18H,3-4,7-10,12,15-16H2,1-2H3,(H,28,31)/t18-,25-/m1/s1. The van der Waals surface area contributed by atoms with E-state index in [1.165, 1.54) is 13.2 Å². The number of amides is 2. The molecule has 2 aromatic rings. The zero-order chi connectivity index (χ0) is 24.3. The minimum absolute atomic E-state index is 0.0421. The molecule has 9 heteroatoms. The van der Waals surface area contributed by atoms with Crippen LogP contribution in [0.25, 0.3) is 0 Å². The molecule has 0 saturated carbocycles. The van der Waals surface area contributed by atoms with Crippen LogP contribution in [0.3, 0.4) is 0 Å². The van der Waals surface area contributed by atoms with Crippen LogP contribution in [0.15, 0.2) is 30.6 Å². The smallest absolute Gasteiger partial charge is 0.222 e. The summed E-state index contributed by atoms with van der Waals surface area (Å²) in [5.41, 5.74) is -0.186. The Morgan fingerprint density at radius 1 is 1.35 bits per heavy atom. The number of nitrogens with zero attached hydrogens (tertiary/aromatic N) is 3. The summed E-state index contributed by atoms with van der Waals surface area (Å²) in [5, 5.41) is 3.01. The predicted octanol–water partition coefficient (Wildman–Crippen LogP) is 2.66. The lowest BCUT2D eigenvalue weighted by Gasteiger charge is -2.34. The van der Waals surface area contributed by atoms with E-state index < -0.39 is 11.4 Å². The molecule has 3 heterocycles. The molecule has 0 aliphatic carbocycles. The minimum atomic E-state index is -0.667. The Morgan fingerprint density at radius 3 is 2.82 bits per heavy atom. The molecule has 2 aliphatic heterocycles. The van der Waals surface area contributed by atoms with Crippen molar-refractivity contribution >= 4 is 17.6 Å². The van der Waals surface area contributed by atoms with E-state index in [9.17, 15) is 18.8 Å². The highest BCUT2D eigenvalue weighted by atomic mass is 19.1. The van der Waals surface area contributed by atoms with Crippen LogP contribution in [0.2, 0.25) is 0 Å². The van der Waals surface area contributed by atoms with E-state index in [0.717, 1.165) is 12.8 Å². The van der Waals surface area contributed by atoms with Crippen LogP contribution >= 0.6 is 0 Å². The molecule has 2 amide bonds. The summed E-state index contributed by atoms with van der Waals surface area (Å²) in [5.74, 6) is 0.00645. The van der Waals surface area contributed by atoms with Crippen LogP contribution in [-0.2, 0) is 23.1 Å². The second-order valence-corrected chi connectivity index (χ2v) is 9.37. The molecule has 2 saturated heterocycles. The lowest BCUT2D eigenvalue weighted by Crippen LogP contribution is -2.46. The van der Waals surface area contributed by atoms with Crippen molar-refractivity contribution in [1.82, 2.24) is 19.8 Å². The average molecular weight is 471 g/mol. The first kappa shape index (κ1) is 23.9. The van der Waals surface area contributed by atoms with Gasteiger partial charge in [0, 0.05) is 62.9 Å². The van der Waals surface area contributed by atoms with Crippen molar-refractivity contribution in [3.05, 3.63) is 47.8 Å². The number of likely N-dealkylation sites (tertiary alicyclic amines) is 1. The molecule has 0 spiro atoms. The van der Waals surface area contributed by atoms with Gasteiger partial charge in [-0.2, -0.15) is 0 Å². The van der Waals surface area contributed by atoms with Gasteiger partial charge in [0.1, 0.15) is 11.6 Å². The van der Waals surface area contributed by atoms with E-state index in [0.29, 0.717) is 55.9 Å². The number of Topliss-reactive ketones (excluding diaryl/α,β-unsaturated/α-hetero) is 1. The van der Waals surface area contributed by atoms with E-state index in [4.69, 9.17) is 4.74 Å². The first-order valence-electron chi connectivity index (χ1n) is 11.7. The molecule has 2 atom stereocenters. The Labute approximate surface area is 198 Å². The zero-order valence-electron chi connectivity index (χ0n) is 19.7. The molecule has 2 aliphatic rings. The van der Waals surface area contributed by atoms with Crippen molar-refractivity contribution in [2.75, 3.05) is 20.2 Å². The van der Waals surface area contributed by atoms with E-state index in [-0.39, 0.29) is 29.9 Å². The van der Waals surface area contributed by atoms with Crippen LogP contribution in [0, 0.1) is 11.7 Å². The van der Waals surface area contributed by atoms with E-state index in [2.05, 4.69) is 10.3 Å². The number of hydrogen-bond acceptors (Lipinski definition) is 5. The quantitative estimate of drug-likeness (QED) is 0.599. The topological polar surface area (TPSA) is 93.5 Å². The highest BCUT2D eigenvalue weighted by Gasteiger charge is 2.39. The van der Waals surface area contributed by atoms with E-state index in [1.807, 2.05) is 0 Å². The molecule has 4 rings (SSSR count). The van der Waals surface area contributed by atoms with Crippen molar-refractivity contribution in [3.8, 4) is 5.75 Å². The third-order valence-corrected chi connectivity index (χ3v) is 7.03. The Bertz CT molecular complexity index is 1080. The molecule has 2 fully saturated rings. The Kier molecular flexibility index (Phi) is 7.00. The lowest BCUT2D eigenvalue weighted by molar-refractivity contribution is -0.133. The van der Waals surface area contributed by atoms with Gasteiger partial charge in [-0.25, -0.2) is 9.37 Å². The number of piperidine rings is 1. The number of benzene rings is 1. The van der Waals surface area contributed by atoms with Crippen LogP contribution in [0.1, 0.15) is 54.7 Å². The van der Waals surface area contributed by atoms with Gasteiger partial charge < -0.3 is 19.5 Å². The van der Waals surface area contributed by atoms with Gasteiger partial charge in [-0.1, -0.05) is 6.07 Å². The number of halogens is 1. The number of rotatable bonds is 8. The van der Waals surface area contributed by atoms with Gasteiger partial charge in [-0.3, -0.25) is 14.4 Å². The number of nitrogens with one attached hydrogen (secondary N) is 1. The predicted molar refractivity (Wildman–Crippen MR) is 123 cm³/mol. The van der Waals surface area contributed by atoms with Crippen LogP contribution in [0.4, 0.5) is 4.39 Å². The second kappa shape index (κ2) is 9.95. The third kappa shape index (κ3) is 5.13. The molecule has 1 aromatic heterocycles. The van der Waals surface area contributed by atoms with Crippen molar-refractivity contribution < 1.29 is 23.5 Å². The summed E-state index contributed by atoms with van der Waals surface area (Å²) >= 11 is 0. The fourth-order valence-electron chi connectivity index (χ4n) is 5.05. The molecular weight excluding hydrogens is 439 g/mol. The number of ketones is 1. The molecular formula is C25H31FN4O4. The summed E-state index contributed by atoms with van der Waals surface area (Å²) in [6, 6.07) is 4.69. The SMILES string of the molecule is COc1ccc(C[C@]2(CCC(=O)N3CCC[C@@H](C(=O)c4nccn4C)C3)CCC(=O)N2)c(F)c1. The summed E-state index contributed by atoms with van der Waals surface area (Å²) in [4.78, 5) is 43.9. The van der Waals surface area contributed by atoms with Gasteiger partial charge in [-0.05, 0) is 43.7 Å². The molecule has 0 bridgehead atoms. The zero-order valence-corrected chi connectivity index (χ0v) is 19.7. The van der Waals surface area contributed by atoms with Crippen molar-refractivity contribution in [3.63, 3.8) is 0 Å². The number of carbonyl (C=O) groups excluding carboxylic acids is 3. The largest absolute Gasteiger partial charge is 0.497 e. The van der Waals surface area contributed by atoms with Crippen molar-refractivity contribution in [2.45, 2.75) is 50.5 Å². The van der Waals surface area contributed by atoms with Crippen LogP contribution < -0.4 is 10.1 Å². The van der Waals surface area contributed by atoms with E-state index in [1.54, 1.807) is 41.0 Å². The highest BCUT2D eigenvalue weighted by molar-refractivity contribution is 5.95. The monoisotopic (exact) mass is 470 g/mol. The van der Waals surface area contributed by atoms with Gasteiger partial charge in [0.05, 0.1) is 7.11 Å². The van der Waals surface area contributed by atoms with Gasteiger partial charge in [0.15, 0.2) is 5.82 Å². The van der Waals surface area contributed by atoms with Crippen LogP contribution in [-0.4, -0.2) is 57.8 Å². The van der Waals surface area contributed by atoms with Crippen molar-refractivity contribution in [2.24, 2.45) is 13.0 Å². The summed E-state index contributed by atoms with van der Waals surface area (Å²) in [6.45, 7) is 0.979. The number of carbonyl (C=O) groups is 3. The number of imidazole rings is 1. The second-order valence-electron chi connectivity index (χ2n) is 9.37. The fourth-order valence-corrected chi connectivity index (χ4v) is 5.05. The number of aryl methyl sites for hydroxylation is 1. The molecule has 0 unspecified atom stereocenters. The first-order chi connectivity index (χ1) is 16.3. The molecule has 1 aromatic carbocycles. The lowest BCUT2D eigenvalue weighted by atomic mass is 9.84. The summed E-state index contributed by atoms with van der Waals surface area (Å²) in [6.07, 6.45) is 6.67. The summed E-state index contributed by atoms with van der Waals surface area (Å²) in [7, 11) is 3.26. The van der Waals surface area contributed by atoms with Crippen LogP contribution in [0.5, 0.6) is 5.75 Å². The molecule has 8 nitrogen and oxygen atoms in total. The molecule has 182 valence electrons. The maximum absolute atomic E-state index is 14.6. The van der Waals surface area contributed by atoms with Gasteiger partial charge in [-0.15, -0.1) is 0 Å². The summed E-state index contributed by atoms with van der Waals surface area (Å²) < 4.78 is 21.4. The number of hydrogen-bond donors (Lipinski definition) is 1. The molecule has 34 heavy (non-hydrogen) atoms. The maximum atomic E-state index is 14.6. The Balaban J connectivity index is 1.40. The fraction of sp³-hybridized carbons (Fsp3) is 0.520. The Hall–Kier alpha value is -3.23. The molecule has 0 radical (unpaired) electrons. The third-order valence-electron chi connectivity index (χ3n) is 7.03. The number of ether oxygens (including phenoxy) is 1. The normalized spacial score (nSPS) is 22.5. The number of methoxy groups -OCH3 is 1. The molecule has 1 N–H and O–H groups in total. The van der Waals surface area contributed by atoms with Gasteiger partial charge >= 0.3 is 0 Å². The average Bonchev–Trinajstić information content (AvgIpc) is 3.43.